The number of ether oxygens (including phenoxy) is 2. The molecule has 2 N–H and O–H groups in total. The quantitative estimate of drug-likeness (QED) is 0.386. The third kappa shape index (κ3) is 3.45. The predicted molar refractivity (Wildman–Crippen MR) is 121 cm³/mol. The average molecular weight is 432 g/mol. The number of methoxy groups -OCH3 is 2. The normalized spacial score (nSPS) is 12.9. The highest BCUT2D eigenvalue weighted by Gasteiger charge is 2.33. The molecule has 0 heterocycles. The van der Waals surface area contributed by atoms with Crippen LogP contribution in [0.3, 0.4) is 0 Å². The minimum Gasteiger partial charge on any atom is -0.491 e. The molecule has 0 aliphatic carbocycles. The molecular formula is C24H20N2O6. The van der Waals surface area contributed by atoms with E-state index in [0.717, 1.165) is 11.1 Å². The van der Waals surface area contributed by atoms with Crippen molar-refractivity contribution in [2.24, 2.45) is 0 Å². The van der Waals surface area contributed by atoms with Crippen molar-refractivity contribution in [3.05, 3.63) is 113 Å². The van der Waals surface area contributed by atoms with Crippen LogP contribution in [0.5, 0.6) is 11.5 Å². The van der Waals surface area contributed by atoms with Gasteiger partial charge in [0, 0.05) is 0 Å². The molecule has 0 fully saturated rings. The van der Waals surface area contributed by atoms with E-state index in [9.17, 15) is 19.2 Å². The standard InChI is InChI=1S/C24H20N2O6/c1-31-23-17(19(27)21(23)29)25-15(13-9-5-3-6-10-13)16(14-11-7-4-8-12-14)26-18-20(28)22(30)24(18)32-2/h3-12,15-16,25-26H,1-2H3/t15-,16-/m1/s1. The number of anilines is 2. The third-order valence-corrected chi connectivity index (χ3v) is 5.39. The van der Waals surface area contributed by atoms with Gasteiger partial charge in [0.15, 0.2) is 11.5 Å². The van der Waals surface area contributed by atoms with Gasteiger partial charge < -0.3 is 20.1 Å². The van der Waals surface area contributed by atoms with Crippen molar-refractivity contribution in [2.75, 3.05) is 24.9 Å². The van der Waals surface area contributed by atoms with Crippen LogP contribution in [-0.4, -0.2) is 14.2 Å². The number of nitrogens with one attached hydrogen (secondary N) is 2. The maximum atomic E-state index is 12.2. The van der Waals surface area contributed by atoms with E-state index < -0.39 is 33.8 Å². The van der Waals surface area contributed by atoms with Gasteiger partial charge in [-0.25, -0.2) is 0 Å². The summed E-state index contributed by atoms with van der Waals surface area (Å²) >= 11 is 0. The first-order valence-electron chi connectivity index (χ1n) is 9.85. The first kappa shape index (κ1) is 21.0. The molecule has 0 aromatic heterocycles. The molecule has 4 aromatic carbocycles. The molecule has 8 heteroatoms. The molecule has 0 saturated carbocycles. The van der Waals surface area contributed by atoms with Gasteiger partial charge in [-0.05, 0) is 11.1 Å². The van der Waals surface area contributed by atoms with E-state index in [4.69, 9.17) is 9.47 Å². The van der Waals surface area contributed by atoms with Crippen molar-refractivity contribution in [3.8, 4) is 11.5 Å². The lowest BCUT2D eigenvalue weighted by Crippen LogP contribution is -2.40. The molecule has 4 rings (SSSR count). The highest BCUT2D eigenvalue weighted by Crippen LogP contribution is 2.37. The zero-order valence-electron chi connectivity index (χ0n) is 17.4. The van der Waals surface area contributed by atoms with E-state index in [1.165, 1.54) is 14.2 Å². The third-order valence-electron chi connectivity index (χ3n) is 5.39. The molecule has 0 saturated heterocycles. The Hall–Kier alpha value is -4.20. The first-order valence-corrected chi connectivity index (χ1v) is 9.85. The Labute approximate surface area is 182 Å². The van der Waals surface area contributed by atoms with Gasteiger partial charge in [0.1, 0.15) is 11.4 Å². The van der Waals surface area contributed by atoms with Gasteiger partial charge in [0.2, 0.25) is 0 Å². The highest BCUT2D eigenvalue weighted by molar-refractivity contribution is 5.65. The zero-order chi connectivity index (χ0) is 22.8. The van der Waals surface area contributed by atoms with E-state index >= 15 is 0 Å². The Kier molecular flexibility index (Phi) is 5.59. The van der Waals surface area contributed by atoms with Crippen molar-refractivity contribution >= 4 is 11.4 Å². The predicted octanol–water partition coefficient (Wildman–Crippen LogP) is 1.90. The summed E-state index contributed by atoms with van der Waals surface area (Å²) in [5, 5.41) is 6.25. The molecular weight excluding hydrogens is 412 g/mol. The van der Waals surface area contributed by atoms with Crippen molar-refractivity contribution in [1.82, 2.24) is 0 Å². The molecule has 0 bridgehead atoms. The largest absolute Gasteiger partial charge is 0.491 e. The number of rotatable bonds is 9. The van der Waals surface area contributed by atoms with Crippen LogP contribution in [0.15, 0.2) is 79.8 Å². The molecule has 0 amide bonds. The van der Waals surface area contributed by atoms with Crippen LogP contribution in [0, 0.1) is 0 Å². The summed E-state index contributed by atoms with van der Waals surface area (Å²) < 4.78 is 10.2. The van der Waals surface area contributed by atoms with E-state index in [1.807, 2.05) is 60.7 Å². The molecule has 0 aliphatic rings. The lowest BCUT2D eigenvalue weighted by Gasteiger charge is -2.32. The first-order chi connectivity index (χ1) is 15.5. The van der Waals surface area contributed by atoms with Gasteiger partial charge in [0.05, 0.1) is 26.3 Å². The zero-order valence-corrected chi connectivity index (χ0v) is 17.4. The fourth-order valence-electron chi connectivity index (χ4n) is 3.74. The van der Waals surface area contributed by atoms with E-state index in [-0.39, 0.29) is 22.9 Å². The van der Waals surface area contributed by atoms with E-state index in [1.54, 1.807) is 0 Å². The molecule has 162 valence electrons. The second kappa shape index (κ2) is 8.50. The van der Waals surface area contributed by atoms with Crippen molar-refractivity contribution in [2.45, 2.75) is 12.1 Å². The summed E-state index contributed by atoms with van der Waals surface area (Å²) in [4.78, 5) is 48.2. The van der Waals surface area contributed by atoms with Crippen LogP contribution in [0.25, 0.3) is 0 Å². The van der Waals surface area contributed by atoms with Crippen molar-refractivity contribution in [3.63, 3.8) is 0 Å². The maximum absolute atomic E-state index is 12.2. The molecule has 2 atom stereocenters. The lowest BCUT2D eigenvalue weighted by atomic mass is 9.92. The van der Waals surface area contributed by atoms with Crippen molar-refractivity contribution < 1.29 is 9.47 Å². The molecule has 0 radical (unpaired) electrons. The van der Waals surface area contributed by atoms with Crippen LogP contribution in [-0.2, 0) is 0 Å². The smallest absolute Gasteiger partial charge is 0.271 e. The lowest BCUT2D eigenvalue weighted by molar-refractivity contribution is 0.405. The van der Waals surface area contributed by atoms with Crippen LogP contribution < -0.4 is 41.8 Å². The Morgan fingerprint density at radius 2 is 0.906 bits per heavy atom. The fourth-order valence-corrected chi connectivity index (χ4v) is 3.74. The summed E-state index contributed by atoms with van der Waals surface area (Å²) in [5.41, 5.74) is -1.08. The Morgan fingerprint density at radius 1 is 0.562 bits per heavy atom. The summed E-state index contributed by atoms with van der Waals surface area (Å²) in [6.07, 6.45) is 0. The summed E-state index contributed by atoms with van der Waals surface area (Å²) in [6.45, 7) is 0. The second-order valence-electron chi connectivity index (χ2n) is 7.20. The maximum Gasteiger partial charge on any atom is 0.271 e. The molecule has 0 aliphatic heterocycles. The Balaban J connectivity index is 1.83. The SMILES string of the molecule is COc1c(N[C@H](c2ccccc2)[C@H](Nc2c(OC)c(=O)c2=O)c2ccccc2)c(=O)c1=O. The van der Waals surface area contributed by atoms with Gasteiger partial charge in [-0.3, -0.25) is 19.2 Å². The van der Waals surface area contributed by atoms with Crippen LogP contribution in [0.2, 0.25) is 0 Å². The average Bonchev–Trinajstić information content (AvgIpc) is 2.84. The second-order valence-corrected chi connectivity index (χ2v) is 7.20. The molecule has 32 heavy (non-hydrogen) atoms. The minimum atomic E-state index is -0.699. The number of hydrogen-bond acceptors (Lipinski definition) is 8. The number of hydrogen-bond donors (Lipinski definition) is 2. The van der Waals surface area contributed by atoms with Gasteiger partial charge in [0.25, 0.3) is 21.7 Å². The monoisotopic (exact) mass is 432 g/mol. The molecule has 4 aromatic rings. The van der Waals surface area contributed by atoms with Crippen LogP contribution >= 0.6 is 0 Å². The number of benzene rings is 2. The molecule has 0 unspecified atom stereocenters. The minimum absolute atomic E-state index is 0.0468. The highest BCUT2D eigenvalue weighted by atomic mass is 16.5. The van der Waals surface area contributed by atoms with Crippen molar-refractivity contribution in [1.29, 1.82) is 0 Å². The van der Waals surface area contributed by atoms with Gasteiger partial charge in [-0.1, -0.05) is 60.7 Å². The molecule has 0 spiro atoms. The summed E-state index contributed by atoms with van der Waals surface area (Å²) in [5.74, 6) is -0.0936. The Bertz CT molecular complexity index is 1270. The summed E-state index contributed by atoms with van der Waals surface area (Å²) in [6, 6.07) is 17.2. The van der Waals surface area contributed by atoms with Crippen LogP contribution in [0.4, 0.5) is 11.4 Å². The van der Waals surface area contributed by atoms with E-state index in [0.29, 0.717) is 0 Å². The topological polar surface area (TPSA) is 111 Å². The van der Waals surface area contributed by atoms with Gasteiger partial charge in [-0.15, -0.1) is 0 Å². The van der Waals surface area contributed by atoms with Crippen LogP contribution in [0.1, 0.15) is 23.2 Å². The van der Waals surface area contributed by atoms with E-state index in [2.05, 4.69) is 10.6 Å². The molecule has 8 nitrogen and oxygen atoms in total. The van der Waals surface area contributed by atoms with Gasteiger partial charge >= 0.3 is 0 Å². The van der Waals surface area contributed by atoms with Gasteiger partial charge in [-0.2, -0.15) is 0 Å². The Morgan fingerprint density at radius 3 is 1.22 bits per heavy atom. The fraction of sp³-hybridized carbons (Fsp3) is 0.167. The summed E-state index contributed by atoms with van der Waals surface area (Å²) in [7, 11) is 2.64.